The molecular formula is C15H20N4O3. The van der Waals surface area contributed by atoms with Crippen LogP contribution in [0, 0.1) is 0 Å². The Balaban J connectivity index is 2.25. The van der Waals surface area contributed by atoms with E-state index in [1.807, 2.05) is 20.8 Å². The standard InChI is InChI=1S/C15H20N4O3/c1-15(2,3)22-14(20)19(10-12-6-7-21-18-12)13-5-4-11(8-16)17-9-13/h4-7,9H,8,10,16H2,1-3H3. The summed E-state index contributed by atoms with van der Waals surface area (Å²) in [6.45, 7) is 6.02. The highest BCUT2D eigenvalue weighted by Gasteiger charge is 2.24. The third-order valence-electron chi connectivity index (χ3n) is 2.76. The minimum Gasteiger partial charge on any atom is -0.443 e. The number of anilines is 1. The highest BCUT2D eigenvalue weighted by molar-refractivity contribution is 5.87. The van der Waals surface area contributed by atoms with Gasteiger partial charge in [0.1, 0.15) is 17.6 Å². The fourth-order valence-corrected chi connectivity index (χ4v) is 1.76. The molecule has 22 heavy (non-hydrogen) atoms. The number of hydrogen-bond acceptors (Lipinski definition) is 6. The highest BCUT2D eigenvalue weighted by Crippen LogP contribution is 2.20. The predicted molar refractivity (Wildman–Crippen MR) is 81.0 cm³/mol. The number of carbonyl (C=O) groups is 1. The average Bonchev–Trinajstić information content (AvgIpc) is 2.96. The van der Waals surface area contributed by atoms with Gasteiger partial charge in [-0.05, 0) is 32.9 Å². The van der Waals surface area contributed by atoms with Gasteiger partial charge in [0.25, 0.3) is 0 Å². The molecule has 2 N–H and O–H groups in total. The number of amides is 1. The summed E-state index contributed by atoms with van der Waals surface area (Å²) in [7, 11) is 0. The number of carbonyl (C=O) groups excluding carboxylic acids is 1. The van der Waals surface area contributed by atoms with E-state index in [0.717, 1.165) is 5.69 Å². The van der Waals surface area contributed by atoms with Gasteiger partial charge < -0.3 is 15.0 Å². The predicted octanol–water partition coefficient (Wildman–Crippen LogP) is 2.47. The summed E-state index contributed by atoms with van der Waals surface area (Å²) in [5, 5.41) is 3.83. The minimum absolute atomic E-state index is 0.231. The van der Waals surface area contributed by atoms with Gasteiger partial charge in [-0.2, -0.15) is 0 Å². The molecule has 0 saturated heterocycles. The van der Waals surface area contributed by atoms with Crippen molar-refractivity contribution in [2.24, 2.45) is 5.73 Å². The van der Waals surface area contributed by atoms with E-state index in [9.17, 15) is 4.79 Å². The fraction of sp³-hybridized carbons (Fsp3) is 0.400. The lowest BCUT2D eigenvalue weighted by Crippen LogP contribution is -2.36. The van der Waals surface area contributed by atoms with Gasteiger partial charge in [-0.25, -0.2) is 4.79 Å². The molecule has 0 spiro atoms. The molecule has 0 unspecified atom stereocenters. The van der Waals surface area contributed by atoms with Crippen LogP contribution in [0.1, 0.15) is 32.2 Å². The Bertz CT molecular complexity index is 603. The Labute approximate surface area is 129 Å². The summed E-state index contributed by atoms with van der Waals surface area (Å²) in [6.07, 6.45) is 2.57. The van der Waals surface area contributed by atoms with E-state index in [0.29, 0.717) is 17.9 Å². The fourth-order valence-electron chi connectivity index (χ4n) is 1.76. The van der Waals surface area contributed by atoms with E-state index >= 15 is 0 Å². The molecule has 0 aliphatic carbocycles. The zero-order chi connectivity index (χ0) is 16.2. The first-order valence-electron chi connectivity index (χ1n) is 6.94. The monoisotopic (exact) mass is 304 g/mol. The van der Waals surface area contributed by atoms with Crippen molar-refractivity contribution in [1.82, 2.24) is 10.1 Å². The third-order valence-corrected chi connectivity index (χ3v) is 2.76. The molecule has 0 fully saturated rings. The third kappa shape index (κ3) is 4.29. The smallest absolute Gasteiger partial charge is 0.415 e. The van der Waals surface area contributed by atoms with Crippen molar-refractivity contribution in [1.29, 1.82) is 0 Å². The van der Waals surface area contributed by atoms with Crippen LogP contribution in [0.2, 0.25) is 0 Å². The maximum absolute atomic E-state index is 12.4. The second-order valence-corrected chi connectivity index (χ2v) is 5.77. The number of hydrogen-bond donors (Lipinski definition) is 1. The Kier molecular flexibility index (Phi) is 4.77. The lowest BCUT2D eigenvalue weighted by molar-refractivity contribution is 0.0576. The van der Waals surface area contributed by atoms with Crippen LogP contribution in [0.5, 0.6) is 0 Å². The van der Waals surface area contributed by atoms with Crippen LogP contribution >= 0.6 is 0 Å². The van der Waals surface area contributed by atoms with Crippen LogP contribution in [-0.4, -0.2) is 21.8 Å². The average molecular weight is 304 g/mol. The molecular weight excluding hydrogens is 284 g/mol. The maximum Gasteiger partial charge on any atom is 0.415 e. The number of aromatic nitrogens is 2. The first-order chi connectivity index (χ1) is 10.4. The van der Waals surface area contributed by atoms with Crippen LogP contribution in [0.25, 0.3) is 0 Å². The number of nitrogens with two attached hydrogens (primary N) is 1. The molecule has 1 amide bonds. The van der Waals surface area contributed by atoms with E-state index in [-0.39, 0.29) is 6.54 Å². The molecule has 0 aromatic carbocycles. The van der Waals surface area contributed by atoms with Crippen molar-refractivity contribution in [2.45, 2.75) is 39.5 Å². The van der Waals surface area contributed by atoms with Crippen LogP contribution in [0.15, 0.2) is 35.2 Å². The number of nitrogens with zero attached hydrogens (tertiary/aromatic N) is 3. The number of rotatable bonds is 4. The summed E-state index contributed by atoms with van der Waals surface area (Å²) < 4.78 is 10.2. The van der Waals surface area contributed by atoms with E-state index < -0.39 is 11.7 Å². The molecule has 0 aliphatic rings. The van der Waals surface area contributed by atoms with Gasteiger partial charge >= 0.3 is 6.09 Å². The summed E-state index contributed by atoms with van der Waals surface area (Å²) in [5.74, 6) is 0. The van der Waals surface area contributed by atoms with Gasteiger partial charge in [0, 0.05) is 12.6 Å². The normalized spacial score (nSPS) is 11.3. The van der Waals surface area contributed by atoms with Crippen molar-refractivity contribution in [3.05, 3.63) is 42.0 Å². The van der Waals surface area contributed by atoms with Crippen LogP contribution in [0.4, 0.5) is 10.5 Å². The lowest BCUT2D eigenvalue weighted by atomic mass is 10.2. The summed E-state index contributed by atoms with van der Waals surface area (Å²) in [4.78, 5) is 18.1. The zero-order valence-corrected chi connectivity index (χ0v) is 12.9. The van der Waals surface area contributed by atoms with E-state index in [4.69, 9.17) is 15.0 Å². The molecule has 0 atom stereocenters. The quantitative estimate of drug-likeness (QED) is 0.932. The molecule has 2 heterocycles. The molecule has 0 aliphatic heterocycles. The highest BCUT2D eigenvalue weighted by atomic mass is 16.6. The van der Waals surface area contributed by atoms with Gasteiger partial charge in [0.15, 0.2) is 0 Å². The van der Waals surface area contributed by atoms with Crippen molar-refractivity contribution in [3.63, 3.8) is 0 Å². The van der Waals surface area contributed by atoms with Crippen molar-refractivity contribution in [3.8, 4) is 0 Å². The Hall–Kier alpha value is -2.41. The molecule has 0 radical (unpaired) electrons. The SMILES string of the molecule is CC(C)(C)OC(=O)N(Cc1ccon1)c1ccc(CN)nc1. The molecule has 2 aromatic heterocycles. The molecule has 118 valence electrons. The zero-order valence-electron chi connectivity index (χ0n) is 12.9. The summed E-state index contributed by atoms with van der Waals surface area (Å²) in [5.41, 5.74) is 6.92. The van der Waals surface area contributed by atoms with Crippen molar-refractivity contribution in [2.75, 3.05) is 4.90 Å². The van der Waals surface area contributed by atoms with Crippen LogP contribution in [-0.2, 0) is 17.8 Å². The first kappa shape index (κ1) is 16.0. The molecule has 2 aromatic rings. The Morgan fingerprint density at radius 1 is 1.32 bits per heavy atom. The van der Waals surface area contributed by atoms with Gasteiger partial charge in [-0.3, -0.25) is 9.88 Å². The van der Waals surface area contributed by atoms with E-state index in [2.05, 4.69) is 10.1 Å². The lowest BCUT2D eigenvalue weighted by Gasteiger charge is -2.26. The second kappa shape index (κ2) is 6.57. The van der Waals surface area contributed by atoms with E-state index in [1.54, 1.807) is 24.4 Å². The van der Waals surface area contributed by atoms with Crippen molar-refractivity contribution >= 4 is 11.8 Å². The van der Waals surface area contributed by atoms with Crippen molar-refractivity contribution < 1.29 is 14.1 Å². The van der Waals surface area contributed by atoms with Gasteiger partial charge in [-0.1, -0.05) is 5.16 Å². The topological polar surface area (TPSA) is 94.5 Å². The van der Waals surface area contributed by atoms with Crippen LogP contribution < -0.4 is 10.6 Å². The van der Waals surface area contributed by atoms with Gasteiger partial charge in [0.05, 0.1) is 24.1 Å². The minimum atomic E-state index is -0.593. The van der Waals surface area contributed by atoms with Crippen LogP contribution in [0.3, 0.4) is 0 Å². The number of ether oxygens (including phenoxy) is 1. The molecule has 0 saturated carbocycles. The number of pyridine rings is 1. The molecule has 0 bridgehead atoms. The molecule has 2 rings (SSSR count). The largest absolute Gasteiger partial charge is 0.443 e. The Morgan fingerprint density at radius 3 is 2.59 bits per heavy atom. The molecule has 7 heteroatoms. The van der Waals surface area contributed by atoms with Gasteiger partial charge in [-0.15, -0.1) is 0 Å². The van der Waals surface area contributed by atoms with E-state index in [1.165, 1.54) is 11.2 Å². The molecule has 7 nitrogen and oxygen atoms in total. The summed E-state index contributed by atoms with van der Waals surface area (Å²) in [6, 6.07) is 5.24. The first-order valence-corrected chi connectivity index (χ1v) is 6.94. The second-order valence-electron chi connectivity index (χ2n) is 5.77. The Morgan fingerprint density at radius 2 is 2.09 bits per heavy atom. The maximum atomic E-state index is 12.4. The summed E-state index contributed by atoms with van der Waals surface area (Å²) >= 11 is 0. The van der Waals surface area contributed by atoms with Gasteiger partial charge in [0.2, 0.25) is 0 Å².